The van der Waals surface area contributed by atoms with Crippen LogP contribution >= 0.6 is 0 Å². The quantitative estimate of drug-likeness (QED) is 0.0324. The van der Waals surface area contributed by atoms with Gasteiger partial charge in [-0.05, 0) is 57.8 Å². The number of carbonyl (C=O) groups excluding carboxylic acids is 1. The number of rotatable bonds is 31. The first-order valence-electron chi connectivity index (χ1n) is 20.0. The number of carbonyl (C=O) groups is 1. The highest BCUT2D eigenvalue weighted by atomic mass is 16.7. The van der Waals surface area contributed by atoms with Gasteiger partial charge in [-0.15, -0.1) is 0 Å². The van der Waals surface area contributed by atoms with Crippen molar-refractivity contribution >= 4 is 5.91 Å². The van der Waals surface area contributed by atoms with Gasteiger partial charge in [-0.25, -0.2) is 0 Å². The number of hydrogen-bond donors (Lipinski definition) is 6. The lowest BCUT2D eigenvalue weighted by molar-refractivity contribution is -0.302. The monoisotopic (exact) mass is 720 g/mol. The fraction of sp³-hybridized carbons (Fsp3) is 0.738. The smallest absolute Gasteiger partial charge is 0.220 e. The van der Waals surface area contributed by atoms with Crippen LogP contribution in [0.5, 0.6) is 0 Å². The molecule has 6 N–H and O–H groups in total. The molecule has 1 amide bonds. The molecule has 0 aromatic heterocycles. The zero-order valence-corrected chi connectivity index (χ0v) is 31.8. The fourth-order valence-corrected chi connectivity index (χ4v) is 5.89. The maximum atomic E-state index is 12.9. The molecule has 1 aliphatic heterocycles. The Bertz CT molecular complexity index is 978. The van der Waals surface area contributed by atoms with Gasteiger partial charge >= 0.3 is 0 Å². The molecule has 1 heterocycles. The highest BCUT2D eigenvalue weighted by Crippen LogP contribution is 2.23. The van der Waals surface area contributed by atoms with Crippen molar-refractivity contribution < 1.29 is 39.8 Å². The average Bonchev–Trinajstić information content (AvgIpc) is 3.13. The lowest BCUT2D eigenvalue weighted by Crippen LogP contribution is -2.60. The molecule has 1 fully saturated rings. The van der Waals surface area contributed by atoms with E-state index in [0.29, 0.717) is 12.8 Å². The number of ether oxygens (including phenoxy) is 2. The average molecular weight is 720 g/mol. The van der Waals surface area contributed by atoms with Gasteiger partial charge in [-0.3, -0.25) is 4.79 Å². The van der Waals surface area contributed by atoms with Crippen molar-refractivity contribution in [1.82, 2.24) is 5.32 Å². The SMILES string of the molecule is CC/C=C\C/C=C\C/C=C\C/C=C\C/C=C\CCCCCC(=O)NC(COC1OC(CO)C(O)C(O)C1O)C(O)CCCCCCCCCCC. The van der Waals surface area contributed by atoms with Crippen molar-refractivity contribution in [3.8, 4) is 0 Å². The molecular weight excluding hydrogens is 646 g/mol. The lowest BCUT2D eigenvalue weighted by Gasteiger charge is -2.40. The van der Waals surface area contributed by atoms with Crippen LogP contribution < -0.4 is 5.32 Å². The molecule has 1 saturated heterocycles. The van der Waals surface area contributed by atoms with E-state index < -0.39 is 49.5 Å². The highest BCUT2D eigenvalue weighted by Gasteiger charge is 2.44. The van der Waals surface area contributed by atoms with Crippen LogP contribution in [-0.4, -0.2) is 87.5 Å². The number of unbranched alkanes of at least 4 members (excludes halogenated alkanes) is 11. The molecule has 294 valence electrons. The van der Waals surface area contributed by atoms with E-state index in [1.807, 2.05) is 0 Å². The number of aliphatic hydroxyl groups excluding tert-OH is 5. The van der Waals surface area contributed by atoms with Crippen LogP contribution in [0, 0.1) is 0 Å². The van der Waals surface area contributed by atoms with E-state index in [2.05, 4.69) is 79.9 Å². The molecule has 1 rings (SSSR count). The summed E-state index contributed by atoms with van der Waals surface area (Å²) < 4.78 is 11.2. The van der Waals surface area contributed by atoms with E-state index in [-0.39, 0.29) is 12.5 Å². The molecule has 9 nitrogen and oxygen atoms in total. The topological polar surface area (TPSA) is 149 Å². The molecule has 0 aromatic rings. The second-order valence-corrected chi connectivity index (χ2v) is 13.7. The van der Waals surface area contributed by atoms with E-state index in [0.717, 1.165) is 77.0 Å². The zero-order chi connectivity index (χ0) is 37.4. The van der Waals surface area contributed by atoms with Crippen molar-refractivity contribution in [2.75, 3.05) is 13.2 Å². The van der Waals surface area contributed by atoms with Crippen molar-refractivity contribution in [2.24, 2.45) is 0 Å². The molecular formula is C42H73NO8. The Kier molecular flexibility index (Phi) is 29.9. The predicted octanol–water partition coefficient (Wildman–Crippen LogP) is 7.27. The third-order valence-corrected chi connectivity index (χ3v) is 9.14. The molecule has 1 aliphatic rings. The van der Waals surface area contributed by atoms with E-state index in [4.69, 9.17) is 9.47 Å². The zero-order valence-electron chi connectivity index (χ0n) is 31.8. The summed E-state index contributed by atoms with van der Waals surface area (Å²) >= 11 is 0. The van der Waals surface area contributed by atoms with Crippen molar-refractivity contribution in [3.05, 3.63) is 60.8 Å². The van der Waals surface area contributed by atoms with Gasteiger partial charge in [0.2, 0.25) is 5.91 Å². The maximum Gasteiger partial charge on any atom is 0.220 e. The molecule has 0 aromatic carbocycles. The lowest BCUT2D eigenvalue weighted by atomic mass is 9.99. The first kappa shape index (κ1) is 46.9. The molecule has 7 atom stereocenters. The minimum Gasteiger partial charge on any atom is -0.394 e. The van der Waals surface area contributed by atoms with Crippen LogP contribution in [0.4, 0.5) is 0 Å². The van der Waals surface area contributed by atoms with Gasteiger partial charge in [0.25, 0.3) is 0 Å². The molecule has 0 spiro atoms. The highest BCUT2D eigenvalue weighted by molar-refractivity contribution is 5.76. The Balaban J connectivity index is 2.40. The van der Waals surface area contributed by atoms with E-state index in [1.54, 1.807) is 0 Å². The van der Waals surface area contributed by atoms with E-state index >= 15 is 0 Å². The van der Waals surface area contributed by atoms with E-state index in [1.165, 1.54) is 38.5 Å². The van der Waals surface area contributed by atoms with Gasteiger partial charge in [-0.1, -0.05) is 139 Å². The first-order chi connectivity index (χ1) is 24.8. The minimum atomic E-state index is -1.56. The Morgan fingerprint density at radius 1 is 0.686 bits per heavy atom. The van der Waals surface area contributed by atoms with Gasteiger partial charge in [0, 0.05) is 6.42 Å². The van der Waals surface area contributed by atoms with E-state index in [9.17, 15) is 30.3 Å². The van der Waals surface area contributed by atoms with Gasteiger partial charge in [0.05, 0.1) is 25.4 Å². The van der Waals surface area contributed by atoms with Gasteiger partial charge in [0.1, 0.15) is 24.4 Å². The normalized spacial score (nSPS) is 22.7. The first-order valence-corrected chi connectivity index (χ1v) is 20.0. The summed E-state index contributed by atoms with van der Waals surface area (Å²) in [6.45, 7) is 3.64. The Morgan fingerprint density at radius 3 is 1.78 bits per heavy atom. The standard InChI is InChI=1S/C42H73NO8/c1-3-5-7-9-11-13-14-15-16-17-18-19-20-21-22-24-26-28-30-32-38(46)43-35(36(45)31-29-27-25-23-12-10-8-6-4-2)34-50-42-41(49)40(48)39(47)37(33-44)51-42/h5,7,11,13,15-16,18-19,21-22,35-37,39-42,44-45,47-49H,3-4,6,8-10,12,14,17,20,23-34H2,1-2H3,(H,43,46)/b7-5-,13-11-,16-15-,19-18-,22-21-. The van der Waals surface area contributed by atoms with Gasteiger partial charge in [0.15, 0.2) is 6.29 Å². The summed E-state index contributed by atoms with van der Waals surface area (Å²) in [4.78, 5) is 12.9. The Labute approximate surface area is 309 Å². The summed E-state index contributed by atoms with van der Waals surface area (Å²) in [5, 5.41) is 54.0. The van der Waals surface area contributed by atoms with Crippen molar-refractivity contribution in [2.45, 2.75) is 185 Å². The molecule has 0 bridgehead atoms. The number of aliphatic hydroxyl groups is 5. The van der Waals surface area contributed by atoms with Crippen LogP contribution in [0.15, 0.2) is 60.8 Å². The molecule has 0 saturated carbocycles. The minimum absolute atomic E-state index is 0.156. The van der Waals surface area contributed by atoms with Crippen LogP contribution in [0.25, 0.3) is 0 Å². The van der Waals surface area contributed by atoms with Crippen LogP contribution in [0.1, 0.15) is 142 Å². The Morgan fingerprint density at radius 2 is 1.22 bits per heavy atom. The largest absolute Gasteiger partial charge is 0.394 e. The molecule has 51 heavy (non-hydrogen) atoms. The second-order valence-electron chi connectivity index (χ2n) is 13.7. The van der Waals surface area contributed by atoms with Crippen LogP contribution in [0.3, 0.4) is 0 Å². The summed E-state index contributed by atoms with van der Waals surface area (Å²) in [5.41, 5.74) is 0. The summed E-state index contributed by atoms with van der Waals surface area (Å²) in [7, 11) is 0. The van der Waals surface area contributed by atoms with Crippen LogP contribution in [0.2, 0.25) is 0 Å². The number of amides is 1. The van der Waals surface area contributed by atoms with Crippen LogP contribution in [-0.2, 0) is 14.3 Å². The van der Waals surface area contributed by atoms with Gasteiger partial charge in [-0.2, -0.15) is 0 Å². The third kappa shape index (κ3) is 24.0. The van der Waals surface area contributed by atoms with Gasteiger partial charge < -0.3 is 40.3 Å². The summed E-state index contributed by atoms with van der Waals surface area (Å²) in [6, 6.07) is -0.736. The maximum absolute atomic E-state index is 12.9. The molecule has 9 heteroatoms. The molecule has 0 radical (unpaired) electrons. The van der Waals surface area contributed by atoms with Crippen molar-refractivity contribution in [1.29, 1.82) is 0 Å². The summed E-state index contributed by atoms with van der Waals surface area (Å²) in [5.74, 6) is -0.182. The fourth-order valence-electron chi connectivity index (χ4n) is 5.89. The number of nitrogens with one attached hydrogen (secondary N) is 1. The predicted molar refractivity (Wildman–Crippen MR) is 207 cm³/mol. The molecule has 7 unspecified atom stereocenters. The third-order valence-electron chi connectivity index (χ3n) is 9.14. The summed E-state index contributed by atoms with van der Waals surface area (Å²) in [6.07, 6.45) is 33.7. The number of allylic oxidation sites excluding steroid dienone is 10. The number of hydrogen-bond acceptors (Lipinski definition) is 8. The van der Waals surface area contributed by atoms with Crippen molar-refractivity contribution in [3.63, 3.8) is 0 Å². The molecule has 0 aliphatic carbocycles. The second kappa shape index (κ2) is 32.5. The Hall–Kier alpha value is -2.11.